The summed E-state index contributed by atoms with van der Waals surface area (Å²) < 4.78 is 21.8. The lowest BCUT2D eigenvalue weighted by molar-refractivity contribution is -0.305. The van der Waals surface area contributed by atoms with Gasteiger partial charge in [0, 0.05) is 12.8 Å². The van der Waals surface area contributed by atoms with Gasteiger partial charge in [-0.3, -0.25) is 9.59 Å². The number of aliphatic hydroxyl groups excluding tert-OH is 4. The van der Waals surface area contributed by atoms with E-state index < -0.39 is 55.4 Å². The zero-order valence-electron chi connectivity index (χ0n) is 29.2. The normalized spacial score (nSPS) is 22.5. The molecule has 10 heteroatoms. The maximum atomic E-state index is 12.6. The average Bonchev–Trinajstić information content (AvgIpc) is 3.08. The minimum Gasteiger partial charge on any atom is -0.462 e. The van der Waals surface area contributed by atoms with Crippen LogP contribution in [0.4, 0.5) is 0 Å². The maximum Gasteiger partial charge on any atom is 0.306 e. The van der Waals surface area contributed by atoms with Gasteiger partial charge in [0.15, 0.2) is 12.4 Å². The SMILES string of the molecule is CC/C=C\C/C=C\C/C=C\C/C=C\C/C=C\CCCCCC(=O)OC(COC(=O)CCCCCC)COC1OC(CO)C(O)C(O)C1O. The Kier molecular flexibility index (Phi) is 26.5. The molecule has 1 fully saturated rings. The number of hydrogen-bond acceptors (Lipinski definition) is 10. The molecule has 0 aromatic rings. The zero-order chi connectivity index (χ0) is 35.2. The van der Waals surface area contributed by atoms with E-state index in [-0.39, 0.29) is 26.1 Å². The standard InChI is InChI=1S/C38H62O10/c1-3-5-7-9-10-11-12-13-14-15-16-17-18-19-20-21-22-23-25-27-34(41)47-31(29-45-33(40)26-24-8-6-4-2)30-46-38-37(44)36(43)35(42)32(28-39)48-38/h5,7,10-11,13-14,16-17,19-20,31-32,35-39,42-44H,3-4,6,8-9,12,15,18,21-30H2,1-2H3/b7-5-,11-10-,14-13-,17-16-,20-19-. The Morgan fingerprint density at radius 1 is 0.667 bits per heavy atom. The Bertz CT molecular complexity index is 971. The van der Waals surface area contributed by atoms with E-state index in [1.54, 1.807) is 0 Å². The number of rotatable bonds is 27. The number of carbonyl (C=O) groups is 2. The Labute approximate surface area is 288 Å². The second-order valence-corrected chi connectivity index (χ2v) is 11.9. The van der Waals surface area contributed by atoms with Gasteiger partial charge in [0.25, 0.3) is 0 Å². The fraction of sp³-hybridized carbons (Fsp3) is 0.684. The summed E-state index contributed by atoms with van der Waals surface area (Å²) in [6.45, 7) is 3.09. The van der Waals surface area contributed by atoms with E-state index in [0.717, 1.165) is 70.6 Å². The van der Waals surface area contributed by atoms with E-state index in [0.29, 0.717) is 12.8 Å². The highest BCUT2D eigenvalue weighted by Crippen LogP contribution is 2.22. The minimum absolute atomic E-state index is 0.188. The third kappa shape index (κ3) is 21.4. The highest BCUT2D eigenvalue weighted by molar-refractivity contribution is 5.70. The van der Waals surface area contributed by atoms with Crippen molar-refractivity contribution in [1.29, 1.82) is 0 Å². The molecule has 0 saturated carbocycles. The molecule has 1 rings (SSSR count). The van der Waals surface area contributed by atoms with Gasteiger partial charge in [-0.25, -0.2) is 0 Å². The van der Waals surface area contributed by atoms with Gasteiger partial charge >= 0.3 is 11.9 Å². The number of carbonyl (C=O) groups excluding carboxylic acids is 2. The lowest BCUT2D eigenvalue weighted by Crippen LogP contribution is -2.59. The van der Waals surface area contributed by atoms with Crippen LogP contribution in [0.2, 0.25) is 0 Å². The van der Waals surface area contributed by atoms with Crippen LogP contribution in [-0.4, -0.2) is 89.0 Å². The lowest BCUT2D eigenvalue weighted by atomic mass is 9.99. The first-order valence-electron chi connectivity index (χ1n) is 17.9. The Balaban J connectivity index is 2.37. The largest absolute Gasteiger partial charge is 0.462 e. The number of allylic oxidation sites excluding steroid dienone is 10. The van der Waals surface area contributed by atoms with Crippen LogP contribution in [0, 0.1) is 0 Å². The van der Waals surface area contributed by atoms with Gasteiger partial charge in [-0.05, 0) is 57.8 Å². The Morgan fingerprint density at radius 3 is 1.81 bits per heavy atom. The van der Waals surface area contributed by atoms with Crippen molar-refractivity contribution < 1.29 is 49.0 Å². The number of unbranched alkanes of at least 4 members (excludes halogenated alkanes) is 6. The van der Waals surface area contributed by atoms with Crippen molar-refractivity contribution in [3.63, 3.8) is 0 Å². The summed E-state index contributed by atoms with van der Waals surface area (Å²) in [6.07, 6.45) is 25.9. The number of esters is 2. The zero-order valence-corrected chi connectivity index (χ0v) is 29.2. The second-order valence-electron chi connectivity index (χ2n) is 11.9. The fourth-order valence-electron chi connectivity index (χ4n) is 4.80. The van der Waals surface area contributed by atoms with Gasteiger partial charge in [0.2, 0.25) is 0 Å². The third-order valence-corrected chi connectivity index (χ3v) is 7.67. The summed E-state index contributed by atoms with van der Waals surface area (Å²) in [5.41, 5.74) is 0. The van der Waals surface area contributed by atoms with Crippen LogP contribution >= 0.6 is 0 Å². The molecule has 0 spiro atoms. The lowest BCUT2D eigenvalue weighted by Gasteiger charge is -2.39. The molecular weight excluding hydrogens is 616 g/mol. The predicted molar refractivity (Wildman–Crippen MR) is 187 cm³/mol. The summed E-state index contributed by atoms with van der Waals surface area (Å²) in [6, 6.07) is 0. The molecule has 48 heavy (non-hydrogen) atoms. The van der Waals surface area contributed by atoms with Crippen LogP contribution in [-0.2, 0) is 28.5 Å². The summed E-state index contributed by atoms with van der Waals surface area (Å²) >= 11 is 0. The summed E-state index contributed by atoms with van der Waals surface area (Å²) in [5, 5.41) is 39.7. The second kappa shape index (κ2) is 29.3. The molecule has 0 aliphatic carbocycles. The van der Waals surface area contributed by atoms with Crippen molar-refractivity contribution in [3.05, 3.63) is 60.8 Å². The van der Waals surface area contributed by atoms with Crippen molar-refractivity contribution >= 4 is 11.9 Å². The van der Waals surface area contributed by atoms with Crippen molar-refractivity contribution in [2.75, 3.05) is 19.8 Å². The van der Waals surface area contributed by atoms with Crippen molar-refractivity contribution in [1.82, 2.24) is 0 Å². The molecule has 1 aliphatic heterocycles. The van der Waals surface area contributed by atoms with Gasteiger partial charge in [0.1, 0.15) is 31.0 Å². The molecule has 6 atom stereocenters. The molecule has 0 aromatic heterocycles. The average molecular weight is 679 g/mol. The molecule has 274 valence electrons. The molecule has 0 aromatic carbocycles. The minimum atomic E-state index is -1.60. The van der Waals surface area contributed by atoms with Crippen LogP contribution in [0.25, 0.3) is 0 Å². The monoisotopic (exact) mass is 678 g/mol. The van der Waals surface area contributed by atoms with Gasteiger partial charge in [0.05, 0.1) is 13.2 Å². The van der Waals surface area contributed by atoms with Crippen LogP contribution in [0.3, 0.4) is 0 Å². The highest BCUT2D eigenvalue weighted by atomic mass is 16.7. The van der Waals surface area contributed by atoms with Crippen LogP contribution in [0.15, 0.2) is 60.8 Å². The Hall–Kier alpha value is -2.60. The number of aliphatic hydroxyl groups is 4. The first kappa shape index (κ1) is 43.4. The summed E-state index contributed by atoms with van der Waals surface area (Å²) in [5.74, 6) is -0.874. The van der Waals surface area contributed by atoms with Gasteiger partial charge in [-0.1, -0.05) is 100 Å². The van der Waals surface area contributed by atoms with Gasteiger partial charge in [-0.15, -0.1) is 0 Å². The summed E-state index contributed by atoms with van der Waals surface area (Å²) in [7, 11) is 0. The van der Waals surface area contributed by atoms with Crippen LogP contribution in [0.1, 0.15) is 110 Å². The molecule has 0 radical (unpaired) electrons. The van der Waals surface area contributed by atoms with E-state index in [1.165, 1.54) is 0 Å². The first-order valence-corrected chi connectivity index (χ1v) is 17.9. The quantitative estimate of drug-likeness (QED) is 0.0467. The number of ether oxygens (including phenoxy) is 4. The van der Waals surface area contributed by atoms with Crippen molar-refractivity contribution in [2.45, 2.75) is 147 Å². The van der Waals surface area contributed by atoms with E-state index >= 15 is 0 Å². The fourth-order valence-corrected chi connectivity index (χ4v) is 4.80. The topological polar surface area (TPSA) is 152 Å². The predicted octanol–water partition coefficient (Wildman–Crippen LogP) is 5.93. The van der Waals surface area contributed by atoms with Crippen molar-refractivity contribution in [3.8, 4) is 0 Å². The van der Waals surface area contributed by atoms with E-state index in [2.05, 4.69) is 74.6 Å². The molecule has 6 unspecified atom stereocenters. The van der Waals surface area contributed by atoms with E-state index in [1.807, 2.05) is 0 Å². The maximum absolute atomic E-state index is 12.6. The molecule has 1 saturated heterocycles. The van der Waals surface area contributed by atoms with Gasteiger partial charge in [-0.2, -0.15) is 0 Å². The molecule has 10 nitrogen and oxygen atoms in total. The number of hydrogen-bond donors (Lipinski definition) is 4. The molecule has 1 aliphatic rings. The van der Waals surface area contributed by atoms with Crippen LogP contribution in [0.5, 0.6) is 0 Å². The molecule has 1 heterocycles. The smallest absolute Gasteiger partial charge is 0.306 e. The van der Waals surface area contributed by atoms with Crippen molar-refractivity contribution in [2.24, 2.45) is 0 Å². The molecule has 0 amide bonds. The summed E-state index contributed by atoms with van der Waals surface area (Å²) in [4.78, 5) is 24.8. The van der Waals surface area contributed by atoms with E-state index in [9.17, 15) is 30.0 Å². The van der Waals surface area contributed by atoms with Crippen LogP contribution < -0.4 is 0 Å². The molecule has 4 N–H and O–H groups in total. The van der Waals surface area contributed by atoms with E-state index in [4.69, 9.17) is 18.9 Å². The highest BCUT2D eigenvalue weighted by Gasteiger charge is 2.44. The molecular formula is C38H62O10. The first-order chi connectivity index (χ1) is 23.3. The van der Waals surface area contributed by atoms with Gasteiger partial charge < -0.3 is 39.4 Å². The molecule has 0 bridgehead atoms. The Morgan fingerprint density at radius 2 is 1.23 bits per heavy atom. The third-order valence-electron chi connectivity index (χ3n) is 7.67.